The first kappa shape index (κ1) is 17.7. The van der Waals surface area contributed by atoms with Crippen LogP contribution in [0.3, 0.4) is 0 Å². The van der Waals surface area contributed by atoms with Crippen molar-refractivity contribution in [2.45, 2.75) is 43.6 Å². The fraction of sp³-hybridized carbons (Fsp3) is 0.409. The molecule has 2 aromatic rings. The predicted octanol–water partition coefficient (Wildman–Crippen LogP) is 2.68. The molecule has 140 valence electrons. The summed E-state index contributed by atoms with van der Waals surface area (Å²) in [5, 5.41) is 3.25. The van der Waals surface area contributed by atoms with Gasteiger partial charge in [0, 0.05) is 37.4 Å². The highest BCUT2D eigenvalue weighted by Gasteiger charge is 2.46. The summed E-state index contributed by atoms with van der Waals surface area (Å²) in [5.74, 6) is 0.245. The molecule has 4 rings (SSSR count). The van der Waals surface area contributed by atoms with Gasteiger partial charge in [-0.25, -0.2) is 0 Å². The van der Waals surface area contributed by atoms with Crippen molar-refractivity contribution in [3.63, 3.8) is 0 Å². The molecule has 0 bridgehead atoms. The summed E-state index contributed by atoms with van der Waals surface area (Å²) in [6.45, 7) is 1.43. The lowest BCUT2D eigenvalue weighted by Gasteiger charge is -2.39. The zero-order valence-corrected chi connectivity index (χ0v) is 15.4. The van der Waals surface area contributed by atoms with Crippen LogP contribution in [0.15, 0.2) is 54.9 Å². The van der Waals surface area contributed by atoms with E-state index in [1.165, 1.54) is 0 Å². The van der Waals surface area contributed by atoms with Gasteiger partial charge in [-0.3, -0.25) is 14.6 Å². The topological polar surface area (TPSA) is 62.3 Å². The van der Waals surface area contributed by atoms with Gasteiger partial charge in [0.1, 0.15) is 0 Å². The Bertz CT molecular complexity index is 799. The van der Waals surface area contributed by atoms with E-state index < -0.39 is 0 Å². The Morgan fingerprint density at radius 3 is 2.63 bits per heavy atom. The first-order valence-electron chi connectivity index (χ1n) is 9.69. The van der Waals surface area contributed by atoms with Crippen molar-refractivity contribution in [1.29, 1.82) is 0 Å². The highest BCUT2D eigenvalue weighted by atomic mass is 16.2. The number of aromatic nitrogens is 1. The molecule has 1 unspecified atom stereocenters. The van der Waals surface area contributed by atoms with Crippen LogP contribution in [0.2, 0.25) is 0 Å². The van der Waals surface area contributed by atoms with E-state index >= 15 is 0 Å². The maximum absolute atomic E-state index is 12.5. The second-order valence-corrected chi connectivity index (χ2v) is 7.68. The summed E-state index contributed by atoms with van der Waals surface area (Å²) in [7, 11) is 0. The average molecular weight is 363 g/mol. The number of piperidine rings is 1. The monoisotopic (exact) mass is 363 g/mol. The molecule has 1 aromatic heterocycles. The molecule has 1 atom stereocenters. The van der Waals surface area contributed by atoms with Crippen molar-refractivity contribution in [2.24, 2.45) is 0 Å². The average Bonchev–Trinajstić information content (AvgIpc) is 3.04. The van der Waals surface area contributed by atoms with Crippen molar-refractivity contribution in [1.82, 2.24) is 15.2 Å². The van der Waals surface area contributed by atoms with Crippen molar-refractivity contribution >= 4 is 11.8 Å². The lowest BCUT2D eigenvalue weighted by molar-refractivity contribution is -0.132. The molecule has 2 amide bonds. The normalized spacial score (nSPS) is 21.3. The van der Waals surface area contributed by atoms with Crippen molar-refractivity contribution < 1.29 is 9.59 Å². The highest BCUT2D eigenvalue weighted by molar-refractivity contribution is 5.87. The fourth-order valence-electron chi connectivity index (χ4n) is 4.31. The van der Waals surface area contributed by atoms with E-state index in [0.717, 1.165) is 36.8 Å². The number of hydrogen-bond acceptors (Lipinski definition) is 3. The van der Waals surface area contributed by atoms with Gasteiger partial charge in [-0.05, 0) is 42.9 Å². The van der Waals surface area contributed by atoms with Crippen LogP contribution in [0.5, 0.6) is 0 Å². The second-order valence-electron chi connectivity index (χ2n) is 7.68. The third-order valence-corrected chi connectivity index (χ3v) is 5.93. The van der Waals surface area contributed by atoms with Gasteiger partial charge in [0.05, 0.1) is 5.92 Å². The maximum atomic E-state index is 12.5. The van der Waals surface area contributed by atoms with Gasteiger partial charge in [-0.2, -0.15) is 0 Å². The minimum atomic E-state index is -0.155. The number of benzene rings is 1. The Balaban J connectivity index is 1.32. The van der Waals surface area contributed by atoms with E-state index in [9.17, 15) is 9.59 Å². The number of amides is 2. The van der Waals surface area contributed by atoms with E-state index in [2.05, 4.69) is 10.3 Å². The Hall–Kier alpha value is -2.69. The van der Waals surface area contributed by atoms with E-state index in [4.69, 9.17) is 0 Å². The maximum Gasteiger partial charge on any atom is 0.228 e. The van der Waals surface area contributed by atoms with Crippen LogP contribution in [-0.2, 0) is 16.0 Å². The molecule has 27 heavy (non-hydrogen) atoms. The quantitative estimate of drug-likeness (QED) is 0.908. The van der Waals surface area contributed by atoms with Crippen LogP contribution in [0.25, 0.3) is 0 Å². The minimum Gasteiger partial charge on any atom is -0.350 e. The molecule has 3 heterocycles. The van der Waals surface area contributed by atoms with Gasteiger partial charge in [0.2, 0.25) is 11.8 Å². The zero-order valence-electron chi connectivity index (χ0n) is 15.4. The lowest BCUT2D eigenvalue weighted by atomic mass is 9.82. The van der Waals surface area contributed by atoms with E-state index in [1.807, 2.05) is 53.6 Å². The number of aryl methyl sites for hydroxylation is 1. The van der Waals surface area contributed by atoms with Gasteiger partial charge in [0.25, 0.3) is 0 Å². The van der Waals surface area contributed by atoms with Crippen LogP contribution in [0, 0.1) is 0 Å². The van der Waals surface area contributed by atoms with Crippen LogP contribution >= 0.6 is 0 Å². The van der Waals surface area contributed by atoms with Gasteiger partial charge in [0.15, 0.2) is 0 Å². The van der Waals surface area contributed by atoms with Crippen LogP contribution in [-0.4, -0.2) is 40.3 Å². The molecule has 5 nitrogen and oxygen atoms in total. The number of hydrogen-bond donors (Lipinski definition) is 1. The number of carbonyl (C=O) groups excluding carboxylic acids is 2. The summed E-state index contributed by atoms with van der Waals surface area (Å²) in [6.07, 6.45) is 7.29. The van der Waals surface area contributed by atoms with Gasteiger partial charge < -0.3 is 10.2 Å². The molecular weight excluding hydrogens is 338 g/mol. The molecule has 5 heteroatoms. The molecule has 2 fully saturated rings. The largest absolute Gasteiger partial charge is 0.350 e. The highest BCUT2D eigenvalue weighted by Crippen LogP contribution is 2.39. The summed E-state index contributed by atoms with van der Waals surface area (Å²) >= 11 is 0. The van der Waals surface area contributed by atoms with Gasteiger partial charge >= 0.3 is 0 Å². The molecule has 0 saturated carbocycles. The number of pyridine rings is 1. The predicted molar refractivity (Wildman–Crippen MR) is 103 cm³/mol. The Morgan fingerprint density at radius 2 is 1.93 bits per heavy atom. The summed E-state index contributed by atoms with van der Waals surface area (Å²) in [4.78, 5) is 31.1. The van der Waals surface area contributed by atoms with Crippen molar-refractivity contribution in [3.8, 4) is 0 Å². The molecular formula is C22H25N3O2. The Labute approximate surface area is 159 Å². The summed E-state index contributed by atoms with van der Waals surface area (Å²) < 4.78 is 0. The molecule has 2 aliphatic heterocycles. The van der Waals surface area contributed by atoms with Crippen molar-refractivity contribution in [2.75, 3.05) is 13.1 Å². The first-order chi connectivity index (χ1) is 13.2. The number of carbonyl (C=O) groups is 2. The summed E-state index contributed by atoms with van der Waals surface area (Å²) in [6, 6.07) is 13.9. The van der Waals surface area contributed by atoms with Crippen molar-refractivity contribution in [3.05, 3.63) is 66.0 Å². The molecule has 0 radical (unpaired) electrons. The number of nitrogens with one attached hydrogen (secondary N) is 1. The minimum absolute atomic E-state index is 0.0703. The van der Waals surface area contributed by atoms with Gasteiger partial charge in [-0.15, -0.1) is 0 Å². The third-order valence-electron chi connectivity index (χ3n) is 5.93. The van der Waals surface area contributed by atoms with Crippen LogP contribution in [0.4, 0.5) is 0 Å². The fourth-order valence-corrected chi connectivity index (χ4v) is 4.31. The number of rotatable bonds is 4. The Morgan fingerprint density at radius 1 is 1.15 bits per heavy atom. The first-order valence-corrected chi connectivity index (χ1v) is 9.69. The molecule has 2 aliphatic rings. The number of likely N-dealkylation sites (tertiary alicyclic amines) is 1. The van der Waals surface area contributed by atoms with E-state index in [1.54, 1.807) is 6.20 Å². The molecule has 0 aliphatic carbocycles. The zero-order chi connectivity index (χ0) is 18.7. The lowest BCUT2D eigenvalue weighted by Crippen LogP contribution is -2.52. The second kappa shape index (κ2) is 7.51. The molecule has 1 N–H and O–H groups in total. The molecule has 1 spiro atoms. The third kappa shape index (κ3) is 3.87. The van der Waals surface area contributed by atoms with E-state index in [0.29, 0.717) is 19.5 Å². The smallest absolute Gasteiger partial charge is 0.228 e. The molecule has 1 aromatic carbocycles. The Kier molecular flexibility index (Phi) is 4.92. The van der Waals surface area contributed by atoms with Gasteiger partial charge in [-0.1, -0.05) is 36.4 Å². The number of nitrogens with zero attached hydrogens (tertiary/aromatic N) is 2. The van der Waals surface area contributed by atoms with Crippen LogP contribution < -0.4 is 5.32 Å². The molecule has 2 saturated heterocycles. The SMILES string of the molecule is O=C1NC2(CCN(C(=O)CCc3cccnc3)CC2)CC1c1ccccc1. The van der Waals surface area contributed by atoms with E-state index in [-0.39, 0.29) is 23.3 Å². The van der Waals surface area contributed by atoms with Crippen LogP contribution in [0.1, 0.15) is 42.7 Å². The standard InChI is InChI=1S/C22H25N3O2/c26-20(9-8-17-5-4-12-23-16-17)25-13-10-22(11-14-25)15-19(21(27)24-22)18-6-2-1-3-7-18/h1-7,12,16,19H,8-11,13-15H2,(H,24,27). The summed E-state index contributed by atoms with van der Waals surface area (Å²) in [5.41, 5.74) is 2.02.